The van der Waals surface area contributed by atoms with Crippen LogP contribution < -0.4 is 30.4 Å². The molecule has 1 saturated heterocycles. The van der Waals surface area contributed by atoms with Crippen LogP contribution in [0.5, 0.6) is 17.2 Å². The molecule has 0 saturated carbocycles. The molecule has 1 amide bonds. The zero-order chi connectivity index (χ0) is 18.4. The molecule has 3 atom stereocenters. The lowest BCUT2D eigenvalue weighted by Crippen LogP contribution is -2.42. The highest BCUT2D eigenvalue weighted by Crippen LogP contribution is 2.40. The van der Waals surface area contributed by atoms with Crippen LogP contribution in [-0.4, -0.2) is 25.9 Å². The Morgan fingerprint density at radius 3 is 2.93 bits per heavy atom. The van der Waals surface area contributed by atoms with E-state index in [1.807, 2.05) is 18.2 Å². The molecule has 7 nitrogen and oxygen atoms in total. The third-order valence-corrected chi connectivity index (χ3v) is 5.61. The first kappa shape index (κ1) is 16.4. The fraction of sp³-hybridized carbons (Fsp3) is 0.350. The molecule has 27 heavy (non-hydrogen) atoms. The van der Waals surface area contributed by atoms with Gasteiger partial charge in [-0.15, -0.1) is 0 Å². The number of ether oxygens (including phenoxy) is 3. The number of fused-ring (bicyclic) bond motifs is 4. The lowest BCUT2D eigenvalue weighted by atomic mass is 9.77. The van der Waals surface area contributed by atoms with Gasteiger partial charge in [0.05, 0.1) is 13.2 Å². The van der Waals surface area contributed by atoms with Crippen LogP contribution in [0.1, 0.15) is 23.6 Å². The van der Waals surface area contributed by atoms with Crippen molar-refractivity contribution in [1.82, 2.24) is 10.9 Å². The van der Waals surface area contributed by atoms with Crippen molar-refractivity contribution in [3.8, 4) is 17.2 Å². The van der Waals surface area contributed by atoms with Crippen LogP contribution in [0.4, 0.5) is 5.69 Å². The number of hydrogen-bond donors (Lipinski definition) is 3. The van der Waals surface area contributed by atoms with Crippen LogP contribution >= 0.6 is 0 Å². The Hall–Kier alpha value is -2.77. The summed E-state index contributed by atoms with van der Waals surface area (Å²) in [5, 5.41) is 2.99. The number of carbonyl (C=O) groups is 1. The third-order valence-electron chi connectivity index (χ3n) is 5.61. The quantitative estimate of drug-likeness (QED) is 0.771. The van der Waals surface area contributed by atoms with Gasteiger partial charge in [-0.3, -0.25) is 4.79 Å². The Labute approximate surface area is 157 Å². The number of benzene rings is 2. The van der Waals surface area contributed by atoms with Gasteiger partial charge in [-0.05, 0) is 48.2 Å². The van der Waals surface area contributed by atoms with Crippen molar-refractivity contribution < 1.29 is 19.0 Å². The Bertz CT molecular complexity index is 901. The van der Waals surface area contributed by atoms with E-state index in [0.717, 1.165) is 18.6 Å². The highest BCUT2D eigenvalue weighted by molar-refractivity contribution is 5.95. The van der Waals surface area contributed by atoms with E-state index in [-0.39, 0.29) is 30.7 Å². The highest BCUT2D eigenvalue weighted by atomic mass is 16.7. The van der Waals surface area contributed by atoms with Gasteiger partial charge in [-0.1, -0.05) is 6.07 Å². The minimum absolute atomic E-state index is 0.0502. The number of aryl methyl sites for hydroxylation is 1. The molecule has 2 aromatic rings. The Morgan fingerprint density at radius 2 is 2.04 bits per heavy atom. The van der Waals surface area contributed by atoms with Gasteiger partial charge in [-0.25, -0.2) is 10.9 Å². The molecule has 0 aromatic heterocycles. The summed E-state index contributed by atoms with van der Waals surface area (Å²) in [4.78, 5) is 12.9. The Kier molecular flexibility index (Phi) is 3.91. The van der Waals surface area contributed by atoms with Crippen molar-refractivity contribution >= 4 is 11.6 Å². The van der Waals surface area contributed by atoms with Gasteiger partial charge >= 0.3 is 0 Å². The van der Waals surface area contributed by atoms with Crippen LogP contribution in [0.3, 0.4) is 0 Å². The average molecular weight is 367 g/mol. The summed E-state index contributed by atoms with van der Waals surface area (Å²) in [7, 11) is 1.68. The number of carbonyl (C=O) groups excluding carboxylic acids is 1. The lowest BCUT2D eigenvalue weighted by Gasteiger charge is -2.29. The number of amides is 1. The summed E-state index contributed by atoms with van der Waals surface area (Å²) in [6.45, 7) is 0.217. The minimum atomic E-state index is -0.296. The Balaban J connectivity index is 1.33. The van der Waals surface area contributed by atoms with E-state index in [0.29, 0.717) is 17.2 Å². The van der Waals surface area contributed by atoms with Crippen molar-refractivity contribution in [2.75, 3.05) is 19.2 Å². The van der Waals surface area contributed by atoms with E-state index < -0.39 is 0 Å². The SMILES string of the molecule is COc1ccc2c(c1)CCC1C(C(=O)Nc3ccc4c(c3)OCO4)NNC21. The van der Waals surface area contributed by atoms with Crippen LogP contribution in [0.15, 0.2) is 36.4 Å². The predicted molar refractivity (Wildman–Crippen MR) is 98.8 cm³/mol. The summed E-state index contributed by atoms with van der Waals surface area (Å²) in [5.41, 5.74) is 9.72. The fourth-order valence-electron chi connectivity index (χ4n) is 4.23. The predicted octanol–water partition coefficient (Wildman–Crippen LogP) is 2.14. The highest BCUT2D eigenvalue weighted by Gasteiger charge is 2.43. The minimum Gasteiger partial charge on any atom is -0.497 e. The lowest BCUT2D eigenvalue weighted by molar-refractivity contribution is -0.118. The Morgan fingerprint density at radius 1 is 1.15 bits per heavy atom. The normalized spacial score (nSPS) is 24.9. The van der Waals surface area contributed by atoms with Gasteiger partial charge in [-0.2, -0.15) is 0 Å². The van der Waals surface area contributed by atoms with Crippen LogP contribution in [0.2, 0.25) is 0 Å². The second kappa shape index (κ2) is 6.44. The molecule has 0 bridgehead atoms. The summed E-state index contributed by atoms with van der Waals surface area (Å²) in [5.74, 6) is 2.37. The van der Waals surface area contributed by atoms with Crippen molar-refractivity contribution in [2.24, 2.45) is 5.92 Å². The number of rotatable bonds is 3. The first-order valence-electron chi connectivity index (χ1n) is 9.11. The van der Waals surface area contributed by atoms with Gasteiger partial charge < -0.3 is 19.5 Å². The number of anilines is 1. The van der Waals surface area contributed by atoms with E-state index in [1.165, 1.54) is 11.1 Å². The first-order valence-corrected chi connectivity index (χ1v) is 9.11. The summed E-state index contributed by atoms with van der Waals surface area (Å²) in [6.07, 6.45) is 1.87. The molecule has 5 rings (SSSR count). The van der Waals surface area contributed by atoms with Gasteiger partial charge in [0.1, 0.15) is 11.8 Å². The second-order valence-corrected chi connectivity index (χ2v) is 7.07. The molecule has 7 heteroatoms. The van der Waals surface area contributed by atoms with Gasteiger partial charge in [0.15, 0.2) is 11.5 Å². The molecule has 0 radical (unpaired) electrons. The van der Waals surface area contributed by atoms with Gasteiger partial charge in [0.2, 0.25) is 12.7 Å². The van der Waals surface area contributed by atoms with Crippen molar-refractivity contribution in [3.05, 3.63) is 47.5 Å². The van der Waals surface area contributed by atoms with E-state index >= 15 is 0 Å². The summed E-state index contributed by atoms with van der Waals surface area (Å²) >= 11 is 0. The van der Waals surface area contributed by atoms with E-state index in [4.69, 9.17) is 14.2 Å². The van der Waals surface area contributed by atoms with Gasteiger partial charge in [0, 0.05) is 17.7 Å². The molecule has 2 heterocycles. The van der Waals surface area contributed by atoms with E-state index in [2.05, 4.69) is 28.3 Å². The van der Waals surface area contributed by atoms with Crippen molar-refractivity contribution in [2.45, 2.75) is 24.9 Å². The maximum Gasteiger partial charge on any atom is 0.243 e. The average Bonchev–Trinajstić information content (AvgIpc) is 3.33. The fourth-order valence-corrected chi connectivity index (χ4v) is 4.23. The molecular weight excluding hydrogens is 346 g/mol. The maximum atomic E-state index is 12.9. The zero-order valence-electron chi connectivity index (χ0n) is 15.0. The molecule has 3 unspecified atom stereocenters. The summed E-state index contributed by atoms with van der Waals surface area (Å²) < 4.78 is 16.0. The standard InChI is InChI=1S/C20H21N3O4/c1-25-13-4-6-14-11(8-13)2-5-15-18(14)22-23-19(15)20(24)21-12-3-7-16-17(9-12)27-10-26-16/h3-4,6-9,15,18-19,22-23H,2,5,10H2,1H3,(H,21,24). The third kappa shape index (κ3) is 2.79. The first-order chi connectivity index (χ1) is 13.2. The topological polar surface area (TPSA) is 80.9 Å². The molecule has 0 spiro atoms. The largest absolute Gasteiger partial charge is 0.497 e. The van der Waals surface area contributed by atoms with Crippen LogP contribution in [0, 0.1) is 5.92 Å². The molecule has 2 aliphatic heterocycles. The molecule has 1 fully saturated rings. The van der Waals surface area contributed by atoms with Crippen LogP contribution in [-0.2, 0) is 11.2 Å². The number of nitrogens with one attached hydrogen (secondary N) is 3. The van der Waals surface area contributed by atoms with E-state index in [9.17, 15) is 4.79 Å². The monoisotopic (exact) mass is 367 g/mol. The molecule has 3 N–H and O–H groups in total. The molecule has 3 aliphatic rings. The van der Waals surface area contributed by atoms with Crippen molar-refractivity contribution in [1.29, 1.82) is 0 Å². The number of methoxy groups -OCH3 is 1. The smallest absolute Gasteiger partial charge is 0.243 e. The molecule has 1 aliphatic carbocycles. The maximum absolute atomic E-state index is 12.9. The van der Waals surface area contributed by atoms with Crippen molar-refractivity contribution in [3.63, 3.8) is 0 Å². The van der Waals surface area contributed by atoms with Crippen LogP contribution in [0.25, 0.3) is 0 Å². The zero-order valence-corrected chi connectivity index (χ0v) is 15.0. The van der Waals surface area contributed by atoms with E-state index in [1.54, 1.807) is 13.2 Å². The van der Waals surface area contributed by atoms with Gasteiger partial charge in [0.25, 0.3) is 0 Å². The summed E-state index contributed by atoms with van der Waals surface area (Å²) in [6, 6.07) is 11.4. The number of hydrogen-bond acceptors (Lipinski definition) is 6. The molecule has 140 valence electrons. The number of hydrazine groups is 1. The molecular formula is C20H21N3O4. The molecule has 2 aromatic carbocycles. The second-order valence-electron chi connectivity index (χ2n) is 7.07.